The molecule has 1 aliphatic rings. The van der Waals surface area contributed by atoms with Crippen molar-refractivity contribution in [3.8, 4) is 0 Å². The minimum atomic E-state index is -0.584. The summed E-state index contributed by atoms with van der Waals surface area (Å²) in [6, 6.07) is 0. The van der Waals surface area contributed by atoms with Crippen molar-refractivity contribution in [3.63, 3.8) is 0 Å². The quantitative estimate of drug-likeness (QED) is 0.822. The molecule has 0 spiro atoms. The van der Waals surface area contributed by atoms with E-state index in [0.717, 1.165) is 16.9 Å². The van der Waals surface area contributed by atoms with Crippen LogP contribution in [0.15, 0.2) is 0 Å². The van der Waals surface area contributed by atoms with Gasteiger partial charge >= 0.3 is 11.9 Å². The summed E-state index contributed by atoms with van der Waals surface area (Å²) in [7, 11) is 1.28. The van der Waals surface area contributed by atoms with Crippen LogP contribution in [-0.2, 0) is 23.8 Å². The number of thiophene rings is 1. The van der Waals surface area contributed by atoms with Crippen LogP contribution in [0.3, 0.4) is 0 Å². The fourth-order valence-corrected chi connectivity index (χ4v) is 3.28. The Morgan fingerprint density at radius 1 is 1.35 bits per heavy atom. The third-order valence-corrected chi connectivity index (χ3v) is 4.69. The number of methoxy groups -OCH3 is 1. The molecule has 0 aromatic carbocycles. The lowest BCUT2D eigenvalue weighted by molar-refractivity contribution is -0.156. The van der Waals surface area contributed by atoms with Crippen LogP contribution in [0, 0.1) is 13.8 Å². The zero-order chi connectivity index (χ0) is 17.0. The molecule has 126 valence electrons. The number of amides is 1. The zero-order valence-electron chi connectivity index (χ0n) is 13.3. The number of carbonyl (C=O) groups excluding carboxylic acids is 3. The fraction of sp³-hybridized carbons (Fsp3) is 0.533. The van der Waals surface area contributed by atoms with Crippen molar-refractivity contribution in [2.45, 2.75) is 32.8 Å². The first-order chi connectivity index (χ1) is 10.9. The highest BCUT2D eigenvalue weighted by Crippen LogP contribution is 2.32. The van der Waals surface area contributed by atoms with E-state index in [0.29, 0.717) is 23.6 Å². The molecule has 0 radical (unpaired) electrons. The smallest absolute Gasteiger partial charge is 0.341 e. The van der Waals surface area contributed by atoms with Crippen LogP contribution in [0.25, 0.3) is 0 Å². The Balaban J connectivity index is 1.96. The number of rotatable bonds is 5. The predicted molar refractivity (Wildman–Crippen MR) is 83.7 cm³/mol. The van der Waals surface area contributed by atoms with E-state index in [1.807, 2.05) is 6.92 Å². The van der Waals surface area contributed by atoms with Crippen molar-refractivity contribution in [3.05, 3.63) is 16.0 Å². The number of hydrogen-bond donors (Lipinski definition) is 1. The maximum absolute atomic E-state index is 11.9. The van der Waals surface area contributed by atoms with Gasteiger partial charge in [0.15, 0.2) is 12.7 Å². The third kappa shape index (κ3) is 4.08. The molecule has 1 amide bonds. The van der Waals surface area contributed by atoms with E-state index in [1.165, 1.54) is 18.4 Å². The van der Waals surface area contributed by atoms with Gasteiger partial charge in [-0.15, -0.1) is 11.3 Å². The molecule has 2 heterocycles. The van der Waals surface area contributed by atoms with Crippen LogP contribution in [0.5, 0.6) is 0 Å². The van der Waals surface area contributed by atoms with Gasteiger partial charge in [0.1, 0.15) is 5.00 Å². The van der Waals surface area contributed by atoms with Gasteiger partial charge in [-0.3, -0.25) is 4.79 Å². The minimum Gasteiger partial charge on any atom is -0.465 e. The molecule has 2 rings (SSSR count). The minimum absolute atomic E-state index is 0.328. The van der Waals surface area contributed by atoms with Gasteiger partial charge in [0.25, 0.3) is 5.91 Å². The van der Waals surface area contributed by atoms with Crippen LogP contribution in [0.4, 0.5) is 5.00 Å². The average Bonchev–Trinajstić information content (AvgIpc) is 3.14. The number of anilines is 1. The molecule has 0 saturated carbocycles. The maximum Gasteiger partial charge on any atom is 0.341 e. The molecular formula is C15H19NO6S. The van der Waals surface area contributed by atoms with Crippen LogP contribution < -0.4 is 5.32 Å². The fourth-order valence-electron chi connectivity index (χ4n) is 2.22. The van der Waals surface area contributed by atoms with Gasteiger partial charge in [0, 0.05) is 11.5 Å². The molecule has 1 N–H and O–H groups in total. The summed E-state index contributed by atoms with van der Waals surface area (Å²) in [5.41, 5.74) is 1.09. The van der Waals surface area contributed by atoms with E-state index >= 15 is 0 Å². The second-order valence-electron chi connectivity index (χ2n) is 5.14. The first kappa shape index (κ1) is 17.4. The molecular weight excluding hydrogens is 322 g/mol. The zero-order valence-corrected chi connectivity index (χ0v) is 14.1. The topological polar surface area (TPSA) is 90.9 Å². The van der Waals surface area contributed by atoms with Gasteiger partial charge < -0.3 is 19.5 Å². The molecule has 1 saturated heterocycles. The molecule has 1 fully saturated rings. The van der Waals surface area contributed by atoms with Gasteiger partial charge in [0.05, 0.1) is 12.7 Å². The summed E-state index contributed by atoms with van der Waals surface area (Å²) < 4.78 is 14.9. The summed E-state index contributed by atoms with van der Waals surface area (Å²) in [6.45, 7) is 3.74. The van der Waals surface area contributed by atoms with E-state index in [-0.39, 0.29) is 0 Å². The van der Waals surface area contributed by atoms with Crippen molar-refractivity contribution >= 4 is 34.2 Å². The second-order valence-corrected chi connectivity index (χ2v) is 6.36. The van der Waals surface area contributed by atoms with Crippen LogP contribution in [-0.4, -0.2) is 44.3 Å². The van der Waals surface area contributed by atoms with Gasteiger partial charge in [0.2, 0.25) is 0 Å². The van der Waals surface area contributed by atoms with Crippen molar-refractivity contribution in [1.29, 1.82) is 0 Å². The summed E-state index contributed by atoms with van der Waals surface area (Å²) in [4.78, 5) is 36.3. The van der Waals surface area contributed by atoms with E-state index in [2.05, 4.69) is 5.32 Å². The van der Waals surface area contributed by atoms with Crippen molar-refractivity contribution in [2.24, 2.45) is 0 Å². The predicted octanol–water partition coefficient (Wildman–Crippen LogP) is 1.81. The molecule has 1 aliphatic heterocycles. The Morgan fingerprint density at radius 3 is 2.70 bits per heavy atom. The number of aryl methyl sites for hydroxylation is 1. The van der Waals surface area contributed by atoms with Gasteiger partial charge in [-0.1, -0.05) is 0 Å². The summed E-state index contributed by atoms with van der Waals surface area (Å²) in [5.74, 6) is -1.56. The molecule has 7 nitrogen and oxygen atoms in total. The molecule has 1 aromatic heterocycles. The summed E-state index contributed by atoms with van der Waals surface area (Å²) >= 11 is 1.27. The summed E-state index contributed by atoms with van der Waals surface area (Å²) in [5, 5.41) is 2.99. The van der Waals surface area contributed by atoms with Crippen molar-refractivity contribution in [2.75, 3.05) is 25.6 Å². The van der Waals surface area contributed by atoms with Gasteiger partial charge in [-0.05, 0) is 32.3 Å². The van der Waals surface area contributed by atoms with Crippen LogP contribution in [0.2, 0.25) is 0 Å². The number of hydrogen-bond acceptors (Lipinski definition) is 7. The molecule has 0 unspecified atom stereocenters. The lowest BCUT2D eigenvalue weighted by atomic mass is 10.1. The van der Waals surface area contributed by atoms with Crippen molar-refractivity contribution in [1.82, 2.24) is 0 Å². The van der Waals surface area contributed by atoms with Gasteiger partial charge in [-0.2, -0.15) is 0 Å². The van der Waals surface area contributed by atoms with Crippen LogP contribution in [0.1, 0.15) is 33.6 Å². The van der Waals surface area contributed by atoms with E-state index in [9.17, 15) is 14.4 Å². The Kier molecular flexibility index (Phi) is 5.73. The van der Waals surface area contributed by atoms with Crippen LogP contribution >= 0.6 is 11.3 Å². The molecule has 0 bridgehead atoms. The molecule has 23 heavy (non-hydrogen) atoms. The number of ether oxygens (including phenoxy) is 3. The largest absolute Gasteiger partial charge is 0.465 e. The highest BCUT2D eigenvalue weighted by Gasteiger charge is 2.26. The molecule has 8 heteroatoms. The van der Waals surface area contributed by atoms with Crippen molar-refractivity contribution < 1.29 is 28.6 Å². The molecule has 1 aromatic rings. The Hall–Kier alpha value is -1.93. The normalized spacial score (nSPS) is 16.9. The molecule has 0 aliphatic carbocycles. The maximum atomic E-state index is 11.9. The Bertz CT molecular complexity index is 618. The molecule has 1 atom stereocenters. The number of carbonyl (C=O) groups is 3. The lowest BCUT2D eigenvalue weighted by Crippen LogP contribution is -2.27. The Labute approximate surface area is 137 Å². The standard InChI is InChI=1S/C15H19NO6S/c1-8-9(2)23-13(12(8)15(19)20-3)16-11(17)7-22-14(18)10-5-4-6-21-10/h10H,4-7H2,1-3H3,(H,16,17)/t10-/m0/s1. The van der Waals surface area contributed by atoms with E-state index < -0.39 is 30.6 Å². The first-order valence-electron chi connectivity index (χ1n) is 7.20. The number of nitrogens with one attached hydrogen (secondary N) is 1. The monoisotopic (exact) mass is 341 g/mol. The second kappa shape index (κ2) is 7.56. The lowest BCUT2D eigenvalue weighted by Gasteiger charge is -2.10. The Morgan fingerprint density at radius 2 is 2.09 bits per heavy atom. The SMILES string of the molecule is COC(=O)c1c(NC(=O)COC(=O)[C@@H]2CCCO2)sc(C)c1C. The van der Waals surface area contributed by atoms with E-state index in [4.69, 9.17) is 14.2 Å². The highest BCUT2D eigenvalue weighted by molar-refractivity contribution is 7.16. The highest BCUT2D eigenvalue weighted by atomic mass is 32.1. The average molecular weight is 341 g/mol. The van der Waals surface area contributed by atoms with E-state index in [1.54, 1.807) is 6.92 Å². The third-order valence-electron chi connectivity index (χ3n) is 3.57. The first-order valence-corrected chi connectivity index (χ1v) is 8.02. The summed E-state index contributed by atoms with van der Waals surface area (Å²) in [6.07, 6.45) is 0.831. The number of esters is 2. The van der Waals surface area contributed by atoms with Gasteiger partial charge in [-0.25, -0.2) is 9.59 Å².